The summed E-state index contributed by atoms with van der Waals surface area (Å²) in [6.45, 7) is 10.7. The van der Waals surface area contributed by atoms with Crippen LogP contribution < -0.4 is 44.1 Å². The molecule has 0 spiro atoms. The molecule has 10 unspecified atom stereocenters. The normalized spacial score (nSPS) is 22.5. The molecule has 0 radical (unpaired) electrons. The van der Waals surface area contributed by atoms with E-state index in [1.807, 2.05) is 41.5 Å². The van der Waals surface area contributed by atoms with E-state index in [1.165, 1.54) is 23.5 Å². The highest BCUT2D eigenvalue weighted by molar-refractivity contribution is 8.04. The summed E-state index contributed by atoms with van der Waals surface area (Å²) >= 11 is 2.91. The van der Waals surface area contributed by atoms with Crippen molar-refractivity contribution in [1.29, 1.82) is 0 Å². The molecule has 4 heterocycles. The second kappa shape index (κ2) is 33.4. The molecule has 3 aliphatic rings. The third-order valence-corrected chi connectivity index (χ3v) is 17.9. The summed E-state index contributed by atoms with van der Waals surface area (Å²) in [5.74, 6) is -14.0. The van der Waals surface area contributed by atoms with Crippen molar-refractivity contribution >= 4 is 82.5 Å². The molecule has 2 aromatic heterocycles. The molecule has 0 bridgehead atoms. The zero-order valence-electron chi connectivity index (χ0n) is 51.7. The number of nitrogens with zero attached hydrogens (tertiary/aromatic N) is 4. The van der Waals surface area contributed by atoms with Crippen LogP contribution in [0.15, 0.2) is 34.1 Å². The fraction of sp³-hybridized carbons (Fsp3) is 0.714. The molecule has 2 aliphatic heterocycles. The maximum Gasteiger partial charge on any atom is 0.351 e. The number of amides is 3. The van der Waals surface area contributed by atoms with Gasteiger partial charge in [-0.15, -0.1) is 0 Å². The number of rotatable bonds is 36. The van der Waals surface area contributed by atoms with Crippen LogP contribution in [-0.4, -0.2) is 205 Å². The van der Waals surface area contributed by atoms with Gasteiger partial charge < -0.3 is 76.1 Å². The van der Waals surface area contributed by atoms with Gasteiger partial charge in [0.05, 0.1) is 24.5 Å². The first kappa shape index (κ1) is 75.2. The van der Waals surface area contributed by atoms with Gasteiger partial charge in [0.15, 0.2) is 25.4 Å². The first-order valence-electron chi connectivity index (χ1n) is 29.3. The van der Waals surface area contributed by atoms with E-state index in [0.29, 0.717) is 15.6 Å². The number of halogens is 4. The molecule has 2 saturated heterocycles. The number of hydrogen-bond acceptors (Lipinski definition) is 26. The molecule has 10 atom stereocenters. The Hall–Kier alpha value is -6.50. The van der Waals surface area contributed by atoms with Crippen LogP contribution in [0, 0.1) is 11.3 Å². The van der Waals surface area contributed by atoms with Gasteiger partial charge in [-0.25, -0.2) is 19.2 Å². The maximum atomic E-state index is 14.9. The van der Waals surface area contributed by atoms with Crippen molar-refractivity contribution in [3.05, 3.63) is 45.5 Å². The summed E-state index contributed by atoms with van der Waals surface area (Å²) in [7, 11) is 0. The number of aromatic nitrogens is 4. The zero-order chi connectivity index (χ0) is 67.8. The van der Waals surface area contributed by atoms with E-state index in [0.717, 1.165) is 37.4 Å². The Morgan fingerprint density at radius 3 is 1.54 bits per heavy atom. The largest absolute Gasteiger partial charge is 0.460 e. The fourth-order valence-electron chi connectivity index (χ4n) is 9.38. The smallest absolute Gasteiger partial charge is 0.351 e. The number of alkyl halides is 4. The van der Waals surface area contributed by atoms with E-state index in [2.05, 4.69) is 31.2 Å². The van der Waals surface area contributed by atoms with Crippen LogP contribution in [0.4, 0.5) is 29.2 Å². The molecule has 29 nitrogen and oxygen atoms in total. The standard InChI is InChI=1S/C56H82F4N10O19S2/c1-29(2)44(76)53(5,6)17-22-87-54(7,8)16-11-39(71)66-32(48(80)64-19-13-41(73)86-26-43(75)84-24-34-46(78)56(59,60)50(89-34)70-21-15-38(62)68-52(70)82)28-91-36-10-9-35(36)90-27-31(65-30(3)4)47(79)63-18-12-40(72)85-25-42(74)83-23-33-45(77)55(57,58)49(88-33)69-20-14-37(61)67-51(69)81/h14-15,20-21,29-36,45-46,49-50,65,77-78H,9-13,16-19,22-28H2,1-8H3,(H,63,79)(H,64,80)(H,66,71)(H2,61,67,81)(H2,62,68,82). The lowest BCUT2D eigenvalue weighted by molar-refractivity contribution is -0.162. The predicted molar refractivity (Wildman–Crippen MR) is 318 cm³/mol. The highest BCUT2D eigenvalue weighted by Gasteiger charge is 2.61. The number of esters is 4. The van der Waals surface area contributed by atoms with Crippen molar-refractivity contribution in [1.82, 2.24) is 40.4 Å². The molecule has 3 fully saturated rings. The zero-order valence-corrected chi connectivity index (χ0v) is 53.3. The van der Waals surface area contributed by atoms with E-state index >= 15 is 0 Å². The number of nitrogen functional groups attached to an aromatic ring is 2. The predicted octanol–water partition coefficient (Wildman–Crippen LogP) is 0.703. The first-order chi connectivity index (χ1) is 42.5. The number of hydrogen-bond donors (Lipinski definition) is 8. The number of carbonyl (C=O) groups excluding carboxylic acids is 8. The molecule has 5 rings (SSSR count). The van der Waals surface area contributed by atoms with E-state index in [1.54, 1.807) is 13.8 Å². The number of nitrogens with two attached hydrogens (primary N) is 2. The van der Waals surface area contributed by atoms with E-state index in [4.69, 9.17) is 44.6 Å². The van der Waals surface area contributed by atoms with Gasteiger partial charge in [0.1, 0.15) is 48.9 Å². The molecule has 3 amide bonds. The van der Waals surface area contributed by atoms with Crippen LogP contribution >= 0.6 is 23.5 Å². The lowest BCUT2D eigenvalue weighted by atomic mass is 9.80. The molecule has 1 aliphatic carbocycles. The molecule has 1 saturated carbocycles. The second-order valence-corrected chi connectivity index (χ2v) is 26.3. The molecule has 91 heavy (non-hydrogen) atoms. The van der Waals surface area contributed by atoms with Crippen LogP contribution in [0.5, 0.6) is 0 Å². The third-order valence-electron chi connectivity index (χ3n) is 14.7. The van der Waals surface area contributed by atoms with Crippen molar-refractivity contribution in [2.75, 3.05) is 69.1 Å². The number of ketones is 1. The topological polar surface area (TPSA) is 412 Å². The number of thioether (sulfide) groups is 2. The summed E-state index contributed by atoms with van der Waals surface area (Å²) in [6.07, 6.45) is -10.1. The summed E-state index contributed by atoms with van der Waals surface area (Å²) < 4.78 is 96.4. The van der Waals surface area contributed by atoms with Gasteiger partial charge in [0.2, 0.25) is 30.2 Å². The van der Waals surface area contributed by atoms with Crippen molar-refractivity contribution in [2.45, 2.75) is 183 Å². The van der Waals surface area contributed by atoms with E-state index in [9.17, 15) is 75.7 Å². The lowest BCUT2D eigenvalue weighted by Crippen LogP contribution is -2.50. The van der Waals surface area contributed by atoms with Crippen LogP contribution in [0.25, 0.3) is 0 Å². The average molecular weight is 1340 g/mol. The molecule has 510 valence electrons. The number of aliphatic hydroxyl groups excluding tert-OH is 2. The SMILES string of the molecule is CC(C)NC(CSC1CCC1SCC(NC(=O)CCC(C)(C)OCCC(C)(C)C(=O)C(C)C)C(=O)NCCC(=O)OCC(=O)OCC1OC(n2ccc(N)nc2=O)C(F)(F)C1O)C(=O)NCCC(=O)OCC(=O)OCC1OC(n2ccc(N)nc2=O)C(F)(F)C1O. The Morgan fingerprint density at radius 2 is 1.12 bits per heavy atom. The minimum Gasteiger partial charge on any atom is -0.460 e. The average Bonchev–Trinajstić information content (AvgIpc) is 1.66. The van der Waals surface area contributed by atoms with Gasteiger partial charge in [-0.05, 0) is 51.7 Å². The van der Waals surface area contributed by atoms with E-state index < -0.39 is 158 Å². The summed E-state index contributed by atoms with van der Waals surface area (Å²) in [5.41, 5.74) is 7.06. The lowest BCUT2D eigenvalue weighted by Gasteiger charge is -2.37. The minimum atomic E-state index is -4.02. The van der Waals surface area contributed by atoms with Crippen LogP contribution in [0.1, 0.15) is 113 Å². The number of anilines is 2. The summed E-state index contributed by atoms with van der Waals surface area (Å²) in [6, 6.07) is 0.120. The quantitative estimate of drug-likeness (QED) is 0.0264. The van der Waals surface area contributed by atoms with Gasteiger partial charge in [-0.1, -0.05) is 41.5 Å². The van der Waals surface area contributed by atoms with Gasteiger partial charge in [-0.2, -0.15) is 51.1 Å². The van der Waals surface area contributed by atoms with Crippen molar-refractivity contribution < 1.29 is 99.3 Å². The Morgan fingerprint density at radius 1 is 0.681 bits per heavy atom. The Bertz CT molecular complexity index is 3000. The van der Waals surface area contributed by atoms with Crippen LogP contribution in [0.2, 0.25) is 0 Å². The number of aliphatic hydroxyl groups is 2. The van der Waals surface area contributed by atoms with Gasteiger partial charge in [0.25, 0.3) is 0 Å². The van der Waals surface area contributed by atoms with Crippen LogP contribution in [0.3, 0.4) is 0 Å². The maximum absolute atomic E-state index is 14.9. The number of carbonyl (C=O) groups is 8. The monoisotopic (exact) mass is 1340 g/mol. The van der Waals surface area contributed by atoms with Gasteiger partial charge in [0, 0.05) is 77.9 Å². The molecular formula is C56H82F4N10O19S2. The Labute approximate surface area is 529 Å². The minimum absolute atomic E-state index is 0.00226. The van der Waals surface area contributed by atoms with Crippen molar-refractivity contribution in [3.63, 3.8) is 0 Å². The second-order valence-electron chi connectivity index (χ2n) is 23.7. The van der Waals surface area contributed by atoms with Crippen molar-refractivity contribution in [3.8, 4) is 0 Å². The first-order valence-corrected chi connectivity index (χ1v) is 31.4. The number of Topliss-reactive ketones (excluding diaryl/α,β-unsaturated/α-hetero) is 1. The molecular weight excluding hydrogens is 1260 g/mol. The molecule has 35 heteroatoms. The highest BCUT2D eigenvalue weighted by Crippen LogP contribution is 2.44. The molecule has 10 N–H and O–H groups in total. The van der Waals surface area contributed by atoms with Gasteiger partial charge in [-0.3, -0.25) is 37.9 Å². The van der Waals surface area contributed by atoms with Gasteiger partial charge >= 0.3 is 47.1 Å². The number of ether oxygens (including phenoxy) is 7. The summed E-state index contributed by atoms with van der Waals surface area (Å²) in [4.78, 5) is 134. The summed E-state index contributed by atoms with van der Waals surface area (Å²) in [5, 5.41) is 31.6. The molecule has 2 aromatic rings. The van der Waals surface area contributed by atoms with Crippen molar-refractivity contribution in [2.24, 2.45) is 11.3 Å². The Kier molecular flexibility index (Phi) is 27.6. The number of nitrogens with one attached hydrogen (secondary N) is 4. The highest BCUT2D eigenvalue weighted by atomic mass is 32.2. The third kappa shape index (κ3) is 22.1. The Balaban J connectivity index is 1.07. The van der Waals surface area contributed by atoms with E-state index in [-0.39, 0.29) is 90.3 Å². The molecule has 0 aromatic carbocycles. The van der Waals surface area contributed by atoms with Crippen LogP contribution in [-0.2, 0) is 71.5 Å². The fourth-order valence-corrected chi connectivity index (χ4v) is 12.5.